The largest absolute Gasteiger partial charge is 0.493 e. The Hall–Kier alpha value is -2.91. The maximum absolute atomic E-state index is 12.6. The lowest BCUT2D eigenvalue weighted by Gasteiger charge is -2.14. The number of hydrogen-bond donors (Lipinski definition) is 2. The van der Waals surface area contributed by atoms with Gasteiger partial charge in [0.25, 0.3) is 11.8 Å². The molecule has 3 rings (SSSR count). The lowest BCUT2D eigenvalue weighted by atomic mass is 10.1. The van der Waals surface area contributed by atoms with E-state index in [1.54, 1.807) is 22.8 Å². The fraction of sp³-hybridized carbons (Fsp3) is 0.167. The molecule has 0 radical (unpaired) electrons. The molecule has 2 N–H and O–H groups in total. The van der Waals surface area contributed by atoms with Crippen LogP contribution in [0.15, 0.2) is 34.3 Å². The van der Waals surface area contributed by atoms with Gasteiger partial charge in [-0.15, -0.1) is 11.3 Å². The summed E-state index contributed by atoms with van der Waals surface area (Å²) in [6.07, 6.45) is 0. The number of aromatic nitrogens is 1. The van der Waals surface area contributed by atoms with E-state index in [-0.39, 0.29) is 17.2 Å². The quantitative estimate of drug-likeness (QED) is 0.658. The van der Waals surface area contributed by atoms with Crippen molar-refractivity contribution in [3.63, 3.8) is 0 Å². The van der Waals surface area contributed by atoms with Crippen molar-refractivity contribution in [3.8, 4) is 22.1 Å². The van der Waals surface area contributed by atoms with Crippen LogP contribution < -0.4 is 20.1 Å². The second-order valence-electron chi connectivity index (χ2n) is 5.34. The van der Waals surface area contributed by atoms with Crippen molar-refractivity contribution in [3.05, 3.63) is 45.6 Å². The summed E-state index contributed by atoms with van der Waals surface area (Å²) >= 11 is 2.95. The molecule has 0 saturated heterocycles. The smallest absolute Gasteiger partial charge is 0.275 e. The Labute approximate surface area is 164 Å². The van der Waals surface area contributed by atoms with Crippen LogP contribution in [-0.2, 0) is 0 Å². The van der Waals surface area contributed by atoms with Gasteiger partial charge >= 0.3 is 0 Å². The van der Waals surface area contributed by atoms with Crippen molar-refractivity contribution in [1.29, 1.82) is 0 Å². The predicted molar refractivity (Wildman–Crippen MR) is 106 cm³/mol. The molecule has 7 nitrogen and oxygen atoms in total. The van der Waals surface area contributed by atoms with E-state index in [0.29, 0.717) is 17.2 Å². The zero-order valence-corrected chi connectivity index (χ0v) is 16.5. The van der Waals surface area contributed by atoms with Crippen LogP contribution in [0.5, 0.6) is 11.5 Å². The normalized spacial score (nSPS) is 10.3. The molecule has 3 aromatic rings. The number of thiazole rings is 1. The van der Waals surface area contributed by atoms with E-state index in [1.807, 2.05) is 16.8 Å². The summed E-state index contributed by atoms with van der Waals surface area (Å²) in [5.74, 6) is 0.0220. The molecule has 9 heteroatoms. The fourth-order valence-corrected chi connectivity index (χ4v) is 3.90. The minimum Gasteiger partial charge on any atom is -0.493 e. The zero-order chi connectivity index (χ0) is 19.4. The highest BCUT2D eigenvalue weighted by molar-refractivity contribution is 7.14. The SMILES string of the molecule is CNC(=O)c1cc(OC)c(OC)cc1NC(=O)c1csc(-c2ccsc2)n1. The zero-order valence-electron chi connectivity index (χ0n) is 14.9. The van der Waals surface area contributed by atoms with Gasteiger partial charge < -0.3 is 20.1 Å². The van der Waals surface area contributed by atoms with Gasteiger partial charge in [0.2, 0.25) is 0 Å². The molecule has 2 aromatic heterocycles. The van der Waals surface area contributed by atoms with E-state index in [4.69, 9.17) is 9.47 Å². The molecular formula is C18H17N3O4S2. The number of thiophene rings is 1. The van der Waals surface area contributed by atoms with E-state index in [2.05, 4.69) is 15.6 Å². The molecule has 0 aliphatic carbocycles. The number of carbonyl (C=O) groups is 2. The Balaban J connectivity index is 1.91. The maximum Gasteiger partial charge on any atom is 0.275 e. The highest BCUT2D eigenvalue weighted by Gasteiger charge is 2.20. The van der Waals surface area contributed by atoms with Crippen LogP contribution in [0.2, 0.25) is 0 Å². The highest BCUT2D eigenvalue weighted by Crippen LogP contribution is 2.34. The molecule has 0 bridgehead atoms. The Morgan fingerprint density at radius 2 is 1.81 bits per heavy atom. The number of nitrogens with zero attached hydrogens (tertiary/aromatic N) is 1. The van der Waals surface area contributed by atoms with Crippen LogP contribution in [-0.4, -0.2) is 38.1 Å². The van der Waals surface area contributed by atoms with Crippen molar-refractivity contribution in [2.45, 2.75) is 0 Å². The van der Waals surface area contributed by atoms with Crippen LogP contribution in [0.25, 0.3) is 10.6 Å². The Morgan fingerprint density at radius 1 is 1.07 bits per heavy atom. The van der Waals surface area contributed by atoms with Gasteiger partial charge in [-0.05, 0) is 17.5 Å². The first-order valence-corrected chi connectivity index (χ1v) is 9.67. The van der Waals surface area contributed by atoms with Crippen LogP contribution in [0, 0.1) is 0 Å². The number of rotatable bonds is 6. The number of anilines is 1. The third kappa shape index (κ3) is 3.93. The summed E-state index contributed by atoms with van der Waals surface area (Å²) in [6, 6.07) is 5.02. The minimum absolute atomic E-state index is 0.261. The van der Waals surface area contributed by atoms with Crippen LogP contribution in [0.3, 0.4) is 0 Å². The number of hydrogen-bond acceptors (Lipinski definition) is 7. The van der Waals surface area contributed by atoms with E-state index in [9.17, 15) is 9.59 Å². The Morgan fingerprint density at radius 3 is 2.44 bits per heavy atom. The van der Waals surface area contributed by atoms with Gasteiger partial charge in [-0.25, -0.2) is 4.98 Å². The standard InChI is InChI=1S/C18H17N3O4S2/c1-19-16(22)11-6-14(24-2)15(25-3)7-12(11)20-17(23)13-9-27-18(21-13)10-4-5-26-8-10/h4-9H,1-3H3,(H,19,22)(H,20,23). The van der Waals surface area contributed by atoms with Crippen LogP contribution in [0.4, 0.5) is 5.69 Å². The summed E-state index contributed by atoms with van der Waals surface area (Å²) in [4.78, 5) is 29.2. The third-order valence-corrected chi connectivity index (χ3v) is 5.32. The monoisotopic (exact) mass is 403 g/mol. The molecule has 0 unspecified atom stereocenters. The van der Waals surface area contributed by atoms with Gasteiger partial charge in [0.05, 0.1) is 25.5 Å². The average molecular weight is 403 g/mol. The maximum atomic E-state index is 12.6. The number of benzene rings is 1. The van der Waals surface area contributed by atoms with Crippen LogP contribution >= 0.6 is 22.7 Å². The molecule has 0 aliphatic heterocycles. The number of nitrogens with one attached hydrogen (secondary N) is 2. The number of methoxy groups -OCH3 is 2. The lowest BCUT2D eigenvalue weighted by Crippen LogP contribution is -2.22. The molecule has 1 aromatic carbocycles. The van der Waals surface area contributed by atoms with E-state index < -0.39 is 5.91 Å². The molecule has 0 saturated carbocycles. The molecule has 0 spiro atoms. The first-order chi connectivity index (χ1) is 13.1. The predicted octanol–water partition coefficient (Wildman–Crippen LogP) is 3.50. The van der Waals surface area contributed by atoms with Crippen LogP contribution in [0.1, 0.15) is 20.8 Å². The van der Waals surface area contributed by atoms with E-state index in [1.165, 1.54) is 38.7 Å². The molecule has 0 fully saturated rings. The van der Waals surface area contributed by atoms with E-state index in [0.717, 1.165) is 10.6 Å². The lowest BCUT2D eigenvalue weighted by molar-refractivity contribution is 0.0963. The molecule has 140 valence electrons. The second kappa shape index (κ2) is 8.19. The van der Waals surface area contributed by atoms with Crippen molar-refractivity contribution >= 4 is 40.2 Å². The summed E-state index contributed by atoms with van der Waals surface area (Å²) in [6.45, 7) is 0. The Bertz CT molecular complexity index is 967. The van der Waals surface area contributed by atoms with Gasteiger partial charge in [0, 0.05) is 29.4 Å². The first-order valence-electron chi connectivity index (χ1n) is 7.85. The topological polar surface area (TPSA) is 89.5 Å². The van der Waals surface area contributed by atoms with Gasteiger partial charge in [-0.3, -0.25) is 9.59 Å². The number of amides is 2. The summed E-state index contributed by atoms with van der Waals surface area (Å²) in [7, 11) is 4.47. The summed E-state index contributed by atoms with van der Waals surface area (Å²) in [5, 5.41) is 11.7. The van der Waals surface area contributed by atoms with Crippen molar-refractivity contribution < 1.29 is 19.1 Å². The second-order valence-corrected chi connectivity index (χ2v) is 6.97. The molecular weight excluding hydrogens is 386 g/mol. The Kier molecular flexibility index (Phi) is 5.72. The molecule has 27 heavy (non-hydrogen) atoms. The van der Waals surface area contributed by atoms with Gasteiger partial charge in [0.1, 0.15) is 10.7 Å². The summed E-state index contributed by atoms with van der Waals surface area (Å²) in [5.41, 5.74) is 1.82. The van der Waals surface area contributed by atoms with Crippen molar-refractivity contribution in [2.24, 2.45) is 0 Å². The highest BCUT2D eigenvalue weighted by atomic mass is 32.1. The average Bonchev–Trinajstić information content (AvgIpc) is 3.38. The molecule has 2 amide bonds. The number of ether oxygens (including phenoxy) is 2. The van der Waals surface area contributed by atoms with Crippen molar-refractivity contribution in [1.82, 2.24) is 10.3 Å². The molecule has 0 aliphatic rings. The minimum atomic E-state index is -0.412. The number of carbonyl (C=O) groups excluding carboxylic acids is 2. The fourth-order valence-electron chi connectivity index (χ4n) is 2.39. The van der Waals surface area contributed by atoms with Crippen molar-refractivity contribution in [2.75, 3.05) is 26.6 Å². The van der Waals surface area contributed by atoms with Gasteiger partial charge in [0.15, 0.2) is 11.5 Å². The van der Waals surface area contributed by atoms with E-state index >= 15 is 0 Å². The van der Waals surface area contributed by atoms with Gasteiger partial charge in [-0.2, -0.15) is 11.3 Å². The first kappa shape index (κ1) is 18.9. The van der Waals surface area contributed by atoms with Gasteiger partial charge in [-0.1, -0.05) is 0 Å². The third-order valence-electron chi connectivity index (χ3n) is 3.75. The molecule has 2 heterocycles. The summed E-state index contributed by atoms with van der Waals surface area (Å²) < 4.78 is 10.5. The molecule has 0 atom stereocenters.